The lowest BCUT2D eigenvalue weighted by Crippen LogP contribution is -2.07. The molecule has 0 amide bonds. The van der Waals surface area contributed by atoms with Crippen LogP contribution in [0.25, 0.3) is 6.08 Å². The average Bonchev–Trinajstić information content (AvgIpc) is 3.29. The number of hydrogen-bond acceptors (Lipinski definition) is 4. The number of carbonyl (C=O) groups excluding carboxylic acids is 1. The van der Waals surface area contributed by atoms with E-state index in [9.17, 15) is 4.79 Å². The van der Waals surface area contributed by atoms with E-state index in [1.54, 1.807) is 36.3 Å². The molecule has 7 heteroatoms. The van der Waals surface area contributed by atoms with Crippen LogP contribution in [0.4, 0.5) is 0 Å². The molecule has 3 aromatic rings. The number of aryl methyl sites for hydroxylation is 1. The maximum atomic E-state index is 12.5. The maximum absolute atomic E-state index is 12.5. The second-order valence-electron chi connectivity index (χ2n) is 5.63. The standard InChI is InChI=1S/C19H19BrN4O2/c1-3-24-19(16(20)12-22-24)17(25)7-5-14-6-8-18(26-2)15(11-14)13-23-10-4-9-21-23/h4-12H,3,13H2,1-2H3/b7-5+. The lowest BCUT2D eigenvalue weighted by molar-refractivity contribution is 0.103. The van der Waals surface area contributed by atoms with Gasteiger partial charge in [0.1, 0.15) is 11.4 Å². The smallest absolute Gasteiger partial charge is 0.205 e. The van der Waals surface area contributed by atoms with Crippen LogP contribution >= 0.6 is 15.9 Å². The van der Waals surface area contributed by atoms with Gasteiger partial charge in [0.05, 0.1) is 24.3 Å². The lowest BCUT2D eigenvalue weighted by atomic mass is 10.1. The fourth-order valence-corrected chi connectivity index (χ4v) is 3.18. The average molecular weight is 415 g/mol. The summed E-state index contributed by atoms with van der Waals surface area (Å²) in [5, 5.41) is 8.41. The second kappa shape index (κ2) is 8.14. The molecule has 0 fully saturated rings. The van der Waals surface area contributed by atoms with Crippen LogP contribution in [0.15, 0.2) is 53.4 Å². The van der Waals surface area contributed by atoms with Gasteiger partial charge < -0.3 is 4.74 Å². The van der Waals surface area contributed by atoms with Gasteiger partial charge in [-0.2, -0.15) is 10.2 Å². The van der Waals surface area contributed by atoms with Crippen LogP contribution in [0.3, 0.4) is 0 Å². The monoisotopic (exact) mass is 414 g/mol. The molecule has 6 nitrogen and oxygen atoms in total. The molecule has 0 radical (unpaired) electrons. The Morgan fingerprint density at radius 3 is 2.88 bits per heavy atom. The predicted molar refractivity (Wildman–Crippen MR) is 103 cm³/mol. The van der Waals surface area contributed by atoms with Crippen molar-refractivity contribution in [3.63, 3.8) is 0 Å². The third-order valence-electron chi connectivity index (χ3n) is 3.95. The topological polar surface area (TPSA) is 61.9 Å². The quantitative estimate of drug-likeness (QED) is 0.435. The van der Waals surface area contributed by atoms with Gasteiger partial charge in [-0.05, 0) is 52.7 Å². The van der Waals surface area contributed by atoms with E-state index in [0.29, 0.717) is 23.3 Å². The molecule has 0 atom stereocenters. The third-order valence-corrected chi connectivity index (χ3v) is 4.53. The molecule has 3 rings (SSSR count). The van der Waals surface area contributed by atoms with Gasteiger partial charge in [-0.15, -0.1) is 0 Å². The van der Waals surface area contributed by atoms with Gasteiger partial charge in [-0.1, -0.05) is 12.1 Å². The number of aromatic nitrogens is 4. The van der Waals surface area contributed by atoms with Gasteiger partial charge in [-0.3, -0.25) is 14.2 Å². The van der Waals surface area contributed by atoms with Crippen LogP contribution in [0.5, 0.6) is 5.75 Å². The zero-order valence-corrected chi connectivity index (χ0v) is 16.2. The number of halogens is 1. The maximum Gasteiger partial charge on any atom is 0.205 e. The molecule has 0 saturated heterocycles. The van der Waals surface area contributed by atoms with Crippen molar-refractivity contribution < 1.29 is 9.53 Å². The van der Waals surface area contributed by atoms with Gasteiger partial charge in [0.25, 0.3) is 0 Å². The van der Waals surface area contributed by atoms with E-state index in [2.05, 4.69) is 26.1 Å². The molecule has 2 heterocycles. The van der Waals surface area contributed by atoms with E-state index < -0.39 is 0 Å². The fraction of sp³-hybridized carbons (Fsp3) is 0.211. The highest BCUT2D eigenvalue weighted by atomic mass is 79.9. The summed E-state index contributed by atoms with van der Waals surface area (Å²) in [6, 6.07) is 7.69. The van der Waals surface area contributed by atoms with Gasteiger partial charge in [0, 0.05) is 24.5 Å². The molecule has 0 spiro atoms. The fourth-order valence-electron chi connectivity index (χ4n) is 2.69. The first kappa shape index (κ1) is 18.1. The highest BCUT2D eigenvalue weighted by Gasteiger charge is 2.14. The third kappa shape index (κ3) is 3.94. The Labute approximate surface area is 160 Å². The highest BCUT2D eigenvalue weighted by molar-refractivity contribution is 9.10. The number of benzene rings is 1. The summed E-state index contributed by atoms with van der Waals surface area (Å²) < 4.78 is 9.63. The summed E-state index contributed by atoms with van der Waals surface area (Å²) >= 11 is 3.38. The molecule has 0 bridgehead atoms. The zero-order chi connectivity index (χ0) is 18.5. The predicted octanol–water partition coefficient (Wildman–Crippen LogP) is 3.82. The van der Waals surface area contributed by atoms with Gasteiger partial charge >= 0.3 is 0 Å². The minimum absolute atomic E-state index is 0.0966. The van der Waals surface area contributed by atoms with Crippen molar-refractivity contribution in [3.05, 3.63) is 70.2 Å². The Kier molecular flexibility index (Phi) is 5.68. The van der Waals surface area contributed by atoms with Gasteiger partial charge in [0.2, 0.25) is 5.78 Å². The molecular weight excluding hydrogens is 396 g/mol. The molecular formula is C19H19BrN4O2. The van der Waals surface area contributed by atoms with Crippen LogP contribution in [0.1, 0.15) is 28.5 Å². The second-order valence-corrected chi connectivity index (χ2v) is 6.48. The van der Waals surface area contributed by atoms with E-state index in [-0.39, 0.29) is 5.78 Å². The van der Waals surface area contributed by atoms with Crippen molar-refractivity contribution in [2.75, 3.05) is 7.11 Å². The first-order chi connectivity index (χ1) is 12.6. The molecule has 26 heavy (non-hydrogen) atoms. The Bertz CT molecular complexity index is 929. The Morgan fingerprint density at radius 2 is 2.19 bits per heavy atom. The normalized spacial score (nSPS) is 11.2. The SMILES string of the molecule is CCn1ncc(Br)c1C(=O)/C=C/c1ccc(OC)c(Cn2cccn2)c1. The number of ketones is 1. The van der Waals surface area contributed by atoms with Crippen LogP contribution < -0.4 is 4.74 Å². The number of ether oxygens (including phenoxy) is 1. The van der Waals surface area contributed by atoms with Gasteiger partial charge in [0.15, 0.2) is 0 Å². The number of nitrogens with zero attached hydrogens (tertiary/aromatic N) is 4. The first-order valence-electron chi connectivity index (χ1n) is 8.20. The summed E-state index contributed by atoms with van der Waals surface area (Å²) in [6.07, 6.45) is 8.64. The molecule has 1 aromatic carbocycles. The summed E-state index contributed by atoms with van der Waals surface area (Å²) in [4.78, 5) is 12.5. The molecule has 0 N–H and O–H groups in total. The lowest BCUT2D eigenvalue weighted by Gasteiger charge is -2.10. The van der Waals surface area contributed by atoms with Crippen molar-refractivity contribution in [3.8, 4) is 5.75 Å². The van der Waals surface area contributed by atoms with Crippen LogP contribution in [0.2, 0.25) is 0 Å². The van der Waals surface area contributed by atoms with Crippen molar-refractivity contribution >= 4 is 27.8 Å². The molecule has 0 aliphatic heterocycles. The van der Waals surface area contributed by atoms with Crippen molar-refractivity contribution in [2.24, 2.45) is 0 Å². The minimum Gasteiger partial charge on any atom is -0.496 e. The number of methoxy groups -OCH3 is 1. The number of hydrogen-bond donors (Lipinski definition) is 0. The largest absolute Gasteiger partial charge is 0.496 e. The highest BCUT2D eigenvalue weighted by Crippen LogP contribution is 2.22. The van der Waals surface area contributed by atoms with Crippen molar-refractivity contribution in [2.45, 2.75) is 20.0 Å². The molecule has 0 unspecified atom stereocenters. The molecule has 0 aliphatic rings. The van der Waals surface area contributed by atoms with Crippen molar-refractivity contribution in [1.82, 2.24) is 19.6 Å². The van der Waals surface area contributed by atoms with E-state index >= 15 is 0 Å². The van der Waals surface area contributed by atoms with Crippen LogP contribution in [0, 0.1) is 0 Å². The van der Waals surface area contributed by atoms with Crippen molar-refractivity contribution in [1.29, 1.82) is 0 Å². The summed E-state index contributed by atoms with van der Waals surface area (Å²) in [5.41, 5.74) is 2.46. The zero-order valence-electron chi connectivity index (χ0n) is 14.6. The Balaban J connectivity index is 1.84. The van der Waals surface area contributed by atoms with E-state index in [1.165, 1.54) is 0 Å². The molecule has 2 aromatic heterocycles. The van der Waals surface area contributed by atoms with Crippen LogP contribution in [-0.4, -0.2) is 32.5 Å². The Hall–Kier alpha value is -2.67. The molecule has 0 saturated carbocycles. The number of allylic oxidation sites excluding steroid dienone is 1. The number of carbonyl (C=O) groups is 1. The summed E-state index contributed by atoms with van der Waals surface area (Å²) in [7, 11) is 1.64. The number of rotatable bonds is 7. The van der Waals surface area contributed by atoms with Crippen LogP contribution in [-0.2, 0) is 13.1 Å². The molecule has 134 valence electrons. The van der Waals surface area contributed by atoms with E-state index in [0.717, 1.165) is 16.9 Å². The first-order valence-corrected chi connectivity index (χ1v) is 8.99. The summed E-state index contributed by atoms with van der Waals surface area (Å²) in [5.74, 6) is 0.691. The van der Waals surface area contributed by atoms with E-state index in [4.69, 9.17) is 4.74 Å². The minimum atomic E-state index is -0.0966. The summed E-state index contributed by atoms with van der Waals surface area (Å²) in [6.45, 7) is 3.18. The van der Waals surface area contributed by atoms with Gasteiger partial charge in [-0.25, -0.2) is 0 Å². The molecule has 0 aliphatic carbocycles. The Morgan fingerprint density at radius 1 is 1.35 bits per heavy atom. The van der Waals surface area contributed by atoms with E-state index in [1.807, 2.05) is 42.1 Å².